The van der Waals surface area contributed by atoms with Crippen molar-refractivity contribution in [2.45, 2.75) is 13.0 Å². The highest BCUT2D eigenvalue weighted by atomic mass is 79.9. The van der Waals surface area contributed by atoms with Gasteiger partial charge in [-0.05, 0) is 35.0 Å². The summed E-state index contributed by atoms with van der Waals surface area (Å²) in [6.45, 7) is 1.77. The third-order valence-electron chi connectivity index (χ3n) is 1.86. The summed E-state index contributed by atoms with van der Waals surface area (Å²) in [4.78, 5) is 15.7. The molecule has 0 amide bonds. The molecule has 0 saturated heterocycles. The van der Waals surface area contributed by atoms with Crippen LogP contribution in [0.15, 0.2) is 32.8 Å². The number of aromatic nitrogens is 1. The second-order valence-corrected chi connectivity index (χ2v) is 4.73. The van der Waals surface area contributed by atoms with E-state index >= 15 is 0 Å². The van der Waals surface area contributed by atoms with Crippen LogP contribution in [0.3, 0.4) is 0 Å². The number of nitrogens with zero attached hydrogens (tertiary/aromatic N) is 1. The van der Waals surface area contributed by atoms with Gasteiger partial charge in [-0.3, -0.25) is 0 Å². The van der Waals surface area contributed by atoms with Gasteiger partial charge in [0.2, 0.25) is 5.76 Å². The average molecular weight is 302 g/mol. The Labute approximate surface area is 104 Å². The van der Waals surface area contributed by atoms with Crippen LogP contribution in [-0.4, -0.2) is 11.0 Å². The number of ether oxygens (including phenoxy) is 1. The molecule has 4 nitrogen and oxygen atoms in total. The van der Waals surface area contributed by atoms with Crippen molar-refractivity contribution in [3.05, 3.63) is 39.1 Å². The summed E-state index contributed by atoms with van der Waals surface area (Å²) >= 11 is 4.57. The molecule has 0 spiro atoms. The van der Waals surface area contributed by atoms with Crippen molar-refractivity contribution in [2.24, 2.45) is 0 Å². The summed E-state index contributed by atoms with van der Waals surface area (Å²) in [5.74, 6) is -0.316. The smallest absolute Gasteiger partial charge is 0.374 e. The lowest BCUT2D eigenvalue weighted by atomic mass is 10.4. The van der Waals surface area contributed by atoms with E-state index < -0.39 is 5.97 Å². The molecule has 2 aromatic rings. The molecular weight excluding hydrogens is 294 g/mol. The standard InChI is InChI=1S/C10H8BrNO3S/c1-6(9-12-4-5-16-9)14-10(13)7-2-3-8(11)15-7/h2-6H,1H3. The van der Waals surface area contributed by atoms with Crippen LogP contribution in [0.2, 0.25) is 0 Å². The molecule has 0 bridgehead atoms. The van der Waals surface area contributed by atoms with Crippen molar-refractivity contribution >= 4 is 33.2 Å². The number of thiazole rings is 1. The van der Waals surface area contributed by atoms with Crippen LogP contribution < -0.4 is 0 Å². The van der Waals surface area contributed by atoms with Gasteiger partial charge in [-0.15, -0.1) is 11.3 Å². The first-order chi connectivity index (χ1) is 7.66. The first kappa shape index (κ1) is 11.3. The predicted octanol–water partition coefficient (Wildman–Crippen LogP) is 3.42. The van der Waals surface area contributed by atoms with Crippen molar-refractivity contribution in [1.82, 2.24) is 4.98 Å². The number of esters is 1. The van der Waals surface area contributed by atoms with Crippen molar-refractivity contribution in [3.8, 4) is 0 Å². The van der Waals surface area contributed by atoms with E-state index in [9.17, 15) is 4.79 Å². The van der Waals surface area contributed by atoms with Gasteiger partial charge in [0.1, 0.15) is 5.01 Å². The van der Waals surface area contributed by atoms with Crippen LogP contribution in [0.1, 0.15) is 28.6 Å². The van der Waals surface area contributed by atoms with Crippen LogP contribution in [0.5, 0.6) is 0 Å². The summed E-state index contributed by atoms with van der Waals surface area (Å²) in [6, 6.07) is 3.20. The molecule has 84 valence electrons. The minimum Gasteiger partial charge on any atom is -0.449 e. The van der Waals surface area contributed by atoms with Gasteiger partial charge in [0.25, 0.3) is 0 Å². The van der Waals surface area contributed by atoms with Crippen LogP contribution in [0.25, 0.3) is 0 Å². The molecule has 2 rings (SSSR count). The van der Waals surface area contributed by atoms with Gasteiger partial charge in [-0.25, -0.2) is 9.78 Å². The number of furan rings is 1. The summed E-state index contributed by atoms with van der Waals surface area (Å²) in [6.07, 6.45) is 1.31. The molecule has 0 aliphatic carbocycles. The highest BCUT2D eigenvalue weighted by Crippen LogP contribution is 2.22. The number of halogens is 1. The average Bonchev–Trinajstić information content (AvgIpc) is 2.87. The SMILES string of the molecule is CC(OC(=O)c1ccc(Br)o1)c1nccs1. The van der Waals surface area contributed by atoms with Crippen LogP contribution in [-0.2, 0) is 4.74 Å². The Morgan fingerprint density at radius 3 is 3.00 bits per heavy atom. The first-order valence-electron chi connectivity index (χ1n) is 4.52. The number of rotatable bonds is 3. The Morgan fingerprint density at radius 1 is 1.62 bits per heavy atom. The zero-order valence-electron chi connectivity index (χ0n) is 8.34. The molecule has 16 heavy (non-hydrogen) atoms. The highest BCUT2D eigenvalue weighted by Gasteiger charge is 2.18. The molecule has 2 aromatic heterocycles. The molecule has 0 fully saturated rings. The number of carbonyl (C=O) groups excluding carboxylic acids is 1. The molecule has 0 aliphatic rings. The van der Waals surface area contributed by atoms with Crippen molar-refractivity contribution in [2.75, 3.05) is 0 Å². The van der Waals surface area contributed by atoms with Gasteiger partial charge in [0.05, 0.1) is 0 Å². The third-order valence-corrected chi connectivity index (χ3v) is 3.22. The zero-order chi connectivity index (χ0) is 11.5. The fourth-order valence-electron chi connectivity index (χ4n) is 1.13. The Balaban J connectivity index is 2.03. The first-order valence-corrected chi connectivity index (χ1v) is 6.20. The zero-order valence-corrected chi connectivity index (χ0v) is 10.7. The van der Waals surface area contributed by atoms with Gasteiger partial charge in [-0.1, -0.05) is 0 Å². The second kappa shape index (κ2) is 4.80. The van der Waals surface area contributed by atoms with Crippen molar-refractivity contribution in [3.63, 3.8) is 0 Å². The van der Waals surface area contributed by atoms with Gasteiger partial charge in [0, 0.05) is 11.6 Å². The lowest BCUT2D eigenvalue weighted by Gasteiger charge is -2.08. The Morgan fingerprint density at radius 2 is 2.44 bits per heavy atom. The summed E-state index contributed by atoms with van der Waals surface area (Å²) in [7, 11) is 0. The van der Waals surface area contributed by atoms with Gasteiger partial charge >= 0.3 is 5.97 Å². The van der Waals surface area contributed by atoms with Crippen molar-refractivity contribution < 1.29 is 13.9 Å². The molecule has 1 unspecified atom stereocenters. The van der Waals surface area contributed by atoms with Crippen LogP contribution in [0.4, 0.5) is 0 Å². The fourth-order valence-corrected chi connectivity index (χ4v) is 2.06. The lowest BCUT2D eigenvalue weighted by molar-refractivity contribution is 0.0299. The molecule has 2 heterocycles. The van der Waals surface area contributed by atoms with Crippen molar-refractivity contribution in [1.29, 1.82) is 0 Å². The highest BCUT2D eigenvalue weighted by molar-refractivity contribution is 9.10. The molecule has 0 saturated carbocycles. The Kier molecular flexibility index (Phi) is 3.40. The Bertz CT molecular complexity index is 480. The van der Waals surface area contributed by atoms with E-state index in [1.54, 1.807) is 25.3 Å². The molecule has 0 N–H and O–H groups in total. The van der Waals surface area contributed by atoms with Gasteiger partial charge in [-0.2, -0.15) is 0 Å². The monoisotopic (exact) mass is 301 g/mol. The van der Waals surface area contributed by atoms with E-state index in [-0.39, 0.29) is 11.9 Å². The molecule has 0 radical (unpaired) electrons. The molecule has 1 atom stereocenters. The van der Waals surface area contributed by atoms with E-state index in [1.165, 1.54) is 11.3 Å². The summed E-state index contributed by atoms with van der Waals surface area (Å²) < 4.78 is 10.8. The van der Waals surface area contributed by atoms with Gasteiger partial charge < -0.3 is 9.15 Å². The van der Waals surface area contributed by atoms with E-state index in [1.807, 2.05) is 5.38 Å². The number of carbonyl (C=O) groups is 1. The third kappa shape index (κ3) is 2.51. The molecule has 0 aliphatic heterocycles. The van der Waals surface area contributed by atoms with E-state index in [0.29, 0.717) is 4.67 Å². The predicted molar refractivity (Wildman–Crippen MR) is 62.4 cm³/mol. The van der Waals surface area contributed by atoms with E-state index in [0.717, 1.165) is 5.01 Å². The van der Waals surface area contributed by atoms with Crippen LogP contribution >= 0.6 is 27.3 Å². The topological polar surface area (TPSA) is 52.3 Å². The maximum Gasteiger partial charge on any atom is 0.374 e. The summed E-state index contributed by atoms with van der Waals surface area (Å²) in [5, 5.41) is 2.60. The number of hydrogen-bond donors (Lipinski definition) is 0. The Hall–Kier alpha value is -1.14. The quantitative estimate of drug-likeness (QED) is 0.815. The maximum absolute atomic E-state index is 11.6. The van der Waals surface area contributed by atoms with Gasteiger partial charge in [0.15, 0.2) is 10.8 Å². The van der Waals surface area contributed by atoms with E-state index in [4.69, 9.17) is 9.15 Å². The second-order valence-electron chi connectivity index (χ2n) is 3.02. The largest absolute Gasteiger partial charge is 0.449 e. The molecule has 0 aromatic carbocycles. The van der Waals surface area contributed by atoms with E-state index in [2.05, 4.69) is 20.9 Å². The summed E-state index contributed by atoms with van der Waals surface area (Å²) in [5.41, 5.74) is 0. The normalized spacial score (nSPS) is 12.4. The minimum atomic E-state index is -0.492. The minimum absolute atomic E-state index is 0.176. The number of hydrogen-bond acceptors (Lipinski definition) is 5. The van der Waals surface area contributed by atoms with Crippen LogP contribution in [0, 0.1) is 0 Å². The maximum atomic E-state index is 11.6. The lowest BCUT2D eigenvalue weighted by Crippen LogP contribution is -2.08. The molecule has 6 heteroatoms. The fraction of sp³-hybridized carbons (Fsp3) is 0.200. The molecular formula is C10H8BrNO3S.